The Morgan fingerprint density at radius 3 is 1.26 bits per heavy atom. The molecule has 0 aromatic rings. The average Bonchev–Trinajstić information content (AvgIpc) is 3.99. The molecule has 69 heavy (non-hydrogen) atoms. The van der Waals surface area contributed by atoms with Crippen LogP contribution in [-0.2, 0) is 23.8 Å². The number of hydrogen-bond donors (Lipinski definition) is 1. The van der Waals surface area contributed by atoms with Gasteiger partial charge in [-0.25, -0.2) is 4.79 Å². The highest BCUT2D eigenvalue weighted by molar-refractivity contribution is 15.0. The van der Waals surface area contributed by atoms with Crippen LogP contribution in [0.5, 0.6) is 0 Å². The van der Waals surface area contributed by atoms with Crippen LogP contribution in [0.2, 0.25) is 0 Å². The molecule has 6 bridgehead atoms. The maximum absolute atomic E-state index is 13.7. The van der Waals surface area contributed by atoms with E-state index in [-0.39, 0.29) is 104 Å². The third-order valence-corrected chi connectivity index (χ3v) is 16.3. The van der Waals surface area contributed by atoms with Crippen molar-refractivity contribution in [2.45, 2.75) is 193 Å². The fourth-order valence-corrected chi connectivity index (χ4v) is 12.7. The minimum Gasteiger partial charge on any atom is -0.429 e. The van der Waals surface area contributed by atoms with Gasteiger partial charge in [0.15, 0.2) is 0 Å². The highest BCUT2D eigenvalue weighted by atomic mass is 128. The van der Waals surface area contributed by atoms with Gasteiger partial charge < -0.3 is 19.3 Å². The molecule has 414 valence electrons. The Morgan fingerprint density at radius 2 is 0.913 bits per heavy atom. The summed E-state index contributed by atoms with van der Waals surface area (Å²) < 4.78 is 173. The molecule has 7 rings (SSSR count). The summed E-state index contributed by atoms with van der Waals surface area (Å²) in [6.45, 7) is 15.6. The number of carbonyl (C=O) groups is 3. The van der Waals surface area contributed by atoms with Crippen molar-refractivity contribution in [3.8, 4) is 0 Å². The molecule has 7 fully saturated rings. The standard InChI is InChI=1S/C18H26F6O3.C18H24F6O.C6H8O3.6CH4.I2/c1-9-10(2)13-7-11(9)6-12(13)8-16(17(19,20)21,18(22,23)24)27-14(25)26-15(3,4)5;1-7-8(2)12-5-11(7)14-9-3-10(13(4-9)15(12)14)6-16(25,17(19,20)21)18(22,23)24;1-3-4(2)6(8)9-5(3)7;;;;;;;1-2/h9-13H,6-8H2,1-5H3;7-15,25H,3-6H2,1-2H3;3-4H,1-2H3;6*1H4;. The highest BCUT2D eigenvalue weighted by Crippen LogP contribution is 2.72. The molecule has 16 atom stereocenters. The molecule has 16 unspecified atom stereocenters. The van der Waals surface area contributed by atoms with Crippen molar-refractivity contribution in [2.75, 3.05) is 0 Å². The lowest BCUT2D eigenvalue weighted by Crippen LogP contribution is -2.61. The van der Waals surface area contributed by atoms with Crippen molar-refractivity contribution in [1.29, 1.82) is 0 Å². The van der Waals surface area contributed by atoms with Crippen LogP contribution >= 0.6 is 37.2 Å². The molecule has 1 saturated heterocycles. The van der Waals surface area contributed by atoms with Crippen LogP contribution < -0.4 is 0 Å². The lowest BCUT2D eigenvalue weighted by atomic mass is 9.61. The second kappa shape index (κ2) is 25.0. The number of esters is 2. The van der Waals surface area contributed by atoms with Gasteiger partial charge in [0.1, 0.15) is 5.60 Å². The molecule has 6 aliphatic carbocycles. The summed E-state index contributed by atoms with van der Waals surface area (Å²) in [4.78, 5) is 32.9. The number of rotatable bonds is 5. The molecule has 7 aliphatic rings. The van der Waals surface area contributed by atoms with E-state index in [1.54, 1.807) is 13.8 Å². The van der Waals surface area contributed by atoms with Crippen LogP contribution in [0.1, 0.15) is 152 Å². The number of ether oxygens (including phenoxy) is 3. The van der Waals surface area contributed by atoms with Crippen molar-refractivity contribution in [3.63, 3.8) is 0 Å². The first kappa shape index (κ1) is 72.2. The van der Waals surface area contributed by atoms with Gasteiger partial charge in [-0.2, -0.15) is 52.7 Å². The Bertz CT molecular complexity index is 1600. The summed E-state index contributed by atoms with van der Waals surface area (Å²) in [5, 5.41) is 9.59. The minimum absolute atomic E-state index is 0. The van der Waals surface area contributed by atoms with E-state index in [0.29, 0.717) is 42.4 Å². The van der Waals surface area contributed by atoms with Crippen LogP contribution in [0, 0.1) is 94.7 Å². The maximum atomic E-state index is 13.7. The zero-order chi connectivity index (χ0) is 48.5. The lowest BCUT2D eigenvalue weighted by Gasteiger charge is -2.45. The minimum atomic E-state index is -5.81. The highest BCUT2D eigenvalue weighted by Gasteiger charge is 2.76. The van der Waals surface area contributed by atoms with Gasteiger partial charge in [0, 0.05) is 43.7 Å². The van der Waals surface area contributed by atoms with Gasteiger partial charge in [-0.1, -0.05) is 86.1 Å². The van der Waals surface area contributed by atoms with E-state index in [0.717, 1.165) is 12.8 Å². The average molecular weight is 1250 g/mol. The molecule has 21 heteroatoms. The zero-order valence-corrected chi connectivity index (χ0v) is 40.7. The molecule has 0 amide bonds. The van der Waals surface area contributed by atoms with E-state index in [4.69, 9.17) is 0 Å². The van der Waals surface area contributed by atoms with Crippen LogP contribution in [0.4, 0.5) is 57.5 Å². The molecule has 0 aromatic carbocycles. The molecule has 6 saturated carbocycles. The number of aliphatic hydroxyl groups is 1. The van der Waals surface area contributed by atoms with Gasteiger partial charge in [-0.15, -0.1) is 0 Å². The van der Waals surface area contributed by atoms with E-state index in [1.165, 1.54) is 20.8 Å². The lowest BCUT2D eigenvalue weighted by molar-refractivity contribution is -0.374. The van der Waals surface area contributed by atoms with Crippen LogP contribution in [0.3, 0.4) is 0 Å². The second-order valence-corrected chi connectivity index (χ2v) is 20.4. The zero-order valence-electron chi connectivity index (χ0n) is 36.4. The van der Waals surface area contributed by atoms with Gasteiger partial charge >= 0.3 is 48.4 Å². The molecule has 0 radical (unpaired) electrons. The van der Waals surface area contributed by atoms with Crippen molar-refractivity contribution < 1.29 is 86.4 Å². The molecule has 1 heterocycles. The summed E-state index contributed by atoms with van der Waals surface area (Å²) in [5.74, 6) is 0.424. The third kappa shape index (κ3) is 13.8. The summed E-state index contributed by atoms with van der Waals surface area (Å²) in [6.07, 6.45) is -24.4. The number of alkyl halides is 12. The van der Waals surface area contributed by atoms with E-state index in [1.807, 2.05) is 13.8 Å². The fraction of sp³-hybridized carbons (Fsp3) is 0.938. The molecule has 0 spiro atoms. The number of hydrogen-bond acceptors (Lipinski definition) is 7. The normalized spacial score (nSPS) is 34.9. The van der Waals surface area contributed by atoms with Crippen LogP contribution in [0.15, 0.2) is 0 Å². The van der Waals surface area contributed by atoms with Gasteiger partial charge in [0.05, 0.1) is 11.8 Å². The summed E-state index contributed by atoms with van der Waals surface area (Å²) >= 11 is 4.24. The van der Waals surface area contributed by atoms with E-state index in [9.17, 15) is 72.2 Å². The summed E-state index contributed by atoms with van der Waals surface area (Å²) in [5.41, 5.74) is -10.4. The molecule has 7 nitrogen and oxygen atoms in total. The van der Waals surface area contributed by atoms with Crippen molar-refractivity contribution in [3.05, 3.63) is 0 Å². The Hall–Kier alpha value is -1.01. The van der Waals surface area contributed by atoms with Crippen LogP contribution in [-0.4, -0.2) is 64.7 Å². The Labute approximate surface area is 427 Å². The molecular weight excluding hydrogens is 1170 g/mol. The smallest absolute Gasteiger partial charge is 0.429 e. The molecule has 1 N–H and O–H groups in total. The monoisotopic (exact) mass is 1250 g/mol. The fourth-order valence-electron chi connectivity index (χ4n) is 12.7. The maximum Gasteiger partial charge on any atom is 0.510 e. The summed E-state index contributed by atoms with van der Waals surface area (Å²) in [7, 11) is 0. The van der Waals surface area contributed by atoms with Gasteiger partial charge in [0.25, 0.3) is 5.60 Å². The topological polar surface area (TPSA) is 99.1 Å². The van der Waals surface area contributed by atoms with Gasteiger partial charge in [-0.3, -0.25) is 9.59 Å². The number of fused-ring (bicyclic) bond motifs is 11. The summed E-state index contributed by atoms with van der Waals surface area (Å²) in [6, 6.07) is 0. The van der Waals surface area contributed by atoms with Crippen molar-refractivity contribution in [1.82, 2.24) is 0 Å². The Morgan fingerprint density at radius 1 is 0.536 bits per heavy atom. The molecular formula is C48H82F12I2O7. The first-order chi connectivity index (χ1) is 28.5. The van der Waals surface area contributed by atoms with E-state index >= 15 is 0 Å². The number of carbonyl (C=O) groups excluding carboxylic acids is 3. The first-order valence-corrected chi connectivity index (χ1v) is 27.6. The molecule has 1 aliphatic heterocycles. The quantitative estimate of drug-likeness (QED) is 0.0962. The predicted molar refractivity (Wildman–Crippen MR) is 261 cm³/mol. The third-order valence-electron chi connectivity index (χ3n) is 16.3. The molecule has 0 aromatic heterocycles. The van der Waals surface area contributed by atoms with E-state index < -0.39 is 84.3 Å². The van der Waals surface area contributed by atoms with E-state index in [2.05, 4.69) is 65.3 Å². The second-order valence-electron chi connectivity index (χ2n) is 20.4. The Balaban J connectivity index is -0.000000969. The number of halogens is 14. The van der Waals surface area contributed by atoms with Crippen molar-refractivity contribution >= 4 is 55.3 Å². The van der Waals surface area contributed by atoms with Crippen LogP contribution in [0.25, 0.3) is 0 Å². The predicted octanol–water partition coefficient (Wildman–Crippen LogP) is 17.1. The van der Waals surface area contributed by atoms with Gasteiger partial charge in [0.2, 0.25) is 0 Å². The largest absolute Gasteiger partial charge is 0.510 e. The first-order valence-electron chi connectivity index (χ1n) is 21.3. The number of cyclic esters (lactones) is 2. The Kier molecular flexibility index (Phi) is 26.2. The van der Waals surface area contributed by atoms with Crippen molar-refractivity contribution in [2.24, 2.45) is 94.7 Å². The van der Waals surface area contributed by atoms with Gasteiger partial charge in [-0.05, 0) is 142 Å². The SMILES string of the molecule is C.C.C.C.C.C.CC1C(=O)OC(=O)C1C.CC1C(C)C2CC1C1C3CC(CC(O)(C(F)(F)F)C(F)(F)F)C(C3)C21.CC1C2CC(CC(OC(=O)OC(C)(C)C)(C(F)(F)F)C(F)(F)F)C(C2)C1C.II.